The third-order valence-electron chi connectivity index (χ3n) is 5.58. The molecule has 10 heteroatoms. The van der Waals surface area contributed by atoms with Crippen LogP contribution in [0.1, 0.15) is 53.9 Å². The first kappa shape index (κ1) is 38.0. The third-order valence-corrected chi connectivity index (χ3v) is 7.33. The number of hydrogen-bond donors (Lipinski definition) is 4. The molecule has 1 aliphatic heterocycles. The van der Waals surface area contributed by atoms with Gasteiger partial charge in [-0.05, 0) is 62.8 Å². The Kier molecular flexibility index (Phi) is 24.6. The number of aliphatic hydroxyl groups excluding tert-OH is 2. The number of rotatable bonds is 17. The zero-order chi connectivity index (χ0) is 30.0. The summed E-state index contributed by atoms with van der Waals surface area (Å²) in [6.07, 6.45) is 16.2. The number of aliphatic imine (C=N–C) groups is 1. The van der Waals surface area contributed by atoms with Crippen molar-refractivity contribution in [2.45, 2.75) is 72.6 Å². The van der Waals surface area contributed by atoms with Crippen LogP contribution in [0.4, 0.5) is 0 Å². The molecule has 228 valence electrons. The first-order chi connectivity index (χ1) is 19.5. The van der Waals surface area contributed by atoms with E-state index in [0.29, 0.717) is 18.3 Å². The van der Waals surface area contributed by atoms with E-state index in [1.54, 1.807) is 44.0 Å². The van der Waals surface area contributed by atoms with Gasteiger partial charge in [0.05, 0.1) is 24.5 Å². The summed E-state index contributed by atoms with van der Waals surface area (Å²) < 4.78 is 7.95. The molecule has 1 fully saturated rings. The first-order valence-corrected chi connectivity index (χ1v) is 16.1. The SMILES string of the molecule is C#CC.CC.CC/C=C(\C=C/CO)OCC(O)CNC1CCN(C/C(Cn2ccs2)=C(\NC=NC)SCC)CC1. The van der Waals surface area contributed by atoms with Crippen LogP contribution in [0.2, 0.25) is 0 Å². The van der Waals surface area contributed by atoms with Crippen LogP contribution in [0, 0.1) is 12.3 Å². The Hall–Kier alpha value is -2.00. The smallest absolute Gasteiger partial charge is 0.115 e. The van der Waals surface area contributed by atoms with Gasteiger partial charge in [0.2, 0.25) is 0 Å². The number of ether oxygens (including phenoxy) is 1. The van der Waals surface area contributed by atoms with Crippen molar-refractivity contribution >= 4 is 29.6 Å². The van der Waals surface area contributed by atoms with Crippen LogP contribution in [0.15, 0.2) is 51.2 Å². The second-order valence-electron chi connectivity index (χ2n) is 8.67. The molecule has 0 aliphatic carbocycles. The van der Waals surface area contributed by atoms with Crippen molar-refractivity contribution in [1.29, 1.82) is 0 Å². The molecule has 0 radical (unpaired) electrons. The summed E-state index contributed by atoms with van der Waals surface area (Å²) in [6.45, 7) is 14.5. The monoisotopic (exact) mass is 595 g/mol. The third kappa shape index (κ3) is 17.6. The Morgan fingerprint density at radius 1 is 1.30 bits per heavy atom. The average Bonchev–Trinajstić information content (AvgIpc) is 2.95. The van der Waals surface area contributed by atoms with Crippen LogP contribution in [0.25, 0.3) is 0 Å². The lowest BCUT2D eigenvalue weighted by Crippen LogP contribution is -2.45. The molecule has 1 atom stereocenters. The Morgan fingerprint density at radius 2 is 1.98 bits per heavy atom. The lowest BCUT2D eigenvalue weighted by Gasteiger charge is -2.34. The molecule has 1 aromatic heterocycles. The van der Waals surface area contributed by atoms with Gasteiger partial charge in [-0.25, -0.2) is 0 Å². The largest absolute Gasteiger partial charge is 0.491 e. The van der Waals surface area contributed by atoms with E-state index < -0.39 is 6.10 Å². The van der Waals surface area contributed by atoms with Crippen LogP contribution >= 0.6 is 23.3 Å². The molecule has 2 rings (SSSR count). The highest BCUT2D eigenvalue weighted by atomic mass is 32.2. The standard InChI is InChI=1S/C25H43N5O3S2.C3H4.C2H6/c1-4-7-24(8-6-14-31)33-19-23(32)16-27-22-9-11-29(12-10-22)17-21(18-30-13-15-35-30)25(34-5-2)28-20-26-3;1-3-2;1-2/h6-8,13,15,20,22-23,27,31-32H,4-5,9-12,14,16-19H2,1-3H3,(H,26,28);1H,2H3;1-2H3/b8-6-,24-7+,25-21-;;. The summed E-state index contributed by atoms with van der Waals surface area (Å²) in [7, 11) is 1.78. The molecule has 0 aromatic carbocycles. The van der Waals surface area contributed by atoms with Gasteiger partial charge in [-0.3, -0.25) is 9.89 Å². The highest BCUT2D eigenvalue weighted by Gasteiger charge is 2.22. The minimum atomic E-state index is -0.577. The molecular formula is C30H53N5O3S2. The molecule has 4 N–H and O–H groups in total. The zero-order valence-electron chi connectivity index (χ0n) is 25.4. The normalized spacial score (nSPS) is 16.0. The van der Waals surface area contributed by atoms with Gasteiger partial charge in [0.15, 0.2) is 0 Å². The molecule has 8 nitrogen and oxygen atoms in total. The fourth-order valence-corrected chi connectivity index (χ4v) is 5.08. The Morgan fingerprint density at radius 3 is 2.50 bits per heavy atom. The lowest BCUT2D eigenvalue weighted by atomic mass is 10.0. The number of terminal acetylenes is 1. The van der Waals surface area contributed by atoms with E-state index >= 15 is 0 Å². The second kappa shape index (κ2) is 25.9. The topological polar surface area (TPSA) is 94.3 Å². The summed E-state index contributed by atoms with van der Waals surface area (Å²) in [6, 6.07) is 0.400. The molecular weight excluding hydrogens is 542 g/mol. The van der Waals surface area contributed by atoms with Gasteiger partial charge < -0.3 is 29.5 Å². The Balaban J connectivity index is 0.00000284. The Bertz CT molecular complexity index is 885. The molecule has 0 amide bonds. The first-order valence-electron chi connectivity index (χ1n) is 14.2. The van der Waals surface area contributed by atoms with E-state index in [9.17, 15) is 5.11 Å². The van der Waals surface area contributed by atoms with Crippen molar-refractivity contribution in [2.75, 3.05) is 52.2 Å². The quantitative estimate of drug-likeness (QED) is 0.0682. The predicted octanol–water partition coefficient (Wildman–Crippen LogP) is 4.70. The maximum absolute atomic E-state index is 10.4. The molecule has 1 aliphatic rings. The molecule has 0 saturated carbocycles. The molecule has 0 bridgehead atoms. The summed E-state index contributed by atoms with van der Waals surface area (Å²) in [5, 5.41) is 29.5. The van der Waals surface area contributed by atoms with Crippen LogP contribution < -0.4 is 10.6 Å². The maximum atomic E-state index is 10.4. The number of likely N-dealkylation sites (tertiary alicyclic amines) is 1. The van der Waals surface area contributed by atoms with Gasteiger partial charge in [-0.2, -0.15) is 0 Å². The highest BCUT2D eigenvalue weighted by molar-refractivity contribution is 8.03. The molecule has 40 heavy (non-hydrogen) atoms. The van der Waals surface area contributed by atoms with Gasteiger partial charge in [-0.15, -0.1) is 24.1 Å². The fraction of sp³-hybridized carbons (Fsp3) is 0.633. The summed E-state index contributed by atoms with van der Waals surface area (Å²) in [5.74, 6) is 3.95. The van der Waals surface area contributed by atoms with E-state index in [1.165, 1.54) is 10.6 Å². The molecule has 1 aromatic rings. The van der Waals surface area contributed by atoms with Crippen LogP contribution in [-0.2, 0) is 11.3 Å². The number of thioether (sulfide) groups is 1. The van der Waals surface area contributed by atoms with Crippen molar-refractivity contribution in [2.24, 2.45) is 4.99 Å². The molecule has 1 unspecified atom stereocenters. The average molecular weight is 596 g/mol. The van der Waals surface area contributed by atoms with Crippen molar-refractivity contribution in [3.63, 3.8) is 0 Å². The van der Waals surface area contributed by atoms with Crippen LogP contribution in [0.3, 0.4) is 0 Å². The fourth-order valence-electron chi connectivity index (χ4n) is 3.80. The van der Waals surface area contributed by atoms with E-state index in [1.807, 2.05) is 38.6 Å². The van der Waals surface area contributed by atoms with Crippen LogP contribution in [-0.4, -0.2) is 89.7 Å². The van der Waals surface area contributed by atoms with Gasteiger partial charge >= 0.3 is 0 Å². The number of hydrogen-bond acceptors (Lipinski definition) is 8. The van der Waals surface area contributed by atoms with Crippen LogP contribution in [0.5, 0.6) is 0 Å². The maximum Gasteiger partial charge on any atom is 0.115 e. The van der Waals surface area contributed by atoms with E-state index in [0.717, 1.165) is 51.2 Å². The summed E-state index contributed by atoms with van der Waals surface area (Å²) in [5.41, 5.74) is 1.39. The lowest BCUT2D eigenvalue weighted by molar-refractivity contribution is 0.0702. The number of aliphatic hydroxyl groups is 2. The molecule has 2 heterocycles. The number of nitrogens with one attached hydrogen (secondary N) is 2. The van der Waals surface area contributed by atoms with Crippen molar-refractivity contribution in [3.8, 4) is 12.3 Å². The number of piperidine rings is 1. The van der Waals surface area contributed by atoms with Crippen molar-refractivity contribution in [3.05, 3.63) is 46.2 Å². The highest BCUT2D eigenvalue weighted by Crippen LogP contribution is 2.22. The second-order valence-corrected chi connectivity index (χ2v) is 10.9. The van der Waals surface area contributed by atoms with E-state index in [4.69, 9.17) is 9.84 Å². The molecule has 1 saturated heterocycles. The van der Waals surface area contributed by atoms with Gasteiger partial charge in [0.25, 0.3) is 0 Å². The minimum absolute atomic E-state index is 0.0268. The summed E-state index contributed by atoms with van der Waals surface area (Å²) in [4.78, 5) is 6.63. The van der Waals surface area contributed by atoms with Crippen molar-refractivity contribution in [1.82, 2.24) is 19.5 Å². The van der Waals surface area contributed by atoms with Gasteiger partial charge in [-0.1, -0.05) is 45.3 Å². The number of allylic oxidation sites excluding steroid dienone is 2. The summed E-state index contributed by atoms with van der Waals surface area (Å²) >= 11 is 3.58. The predicted molar refractivity (Wildman–Crippen MR) is 175 cm³/mol. The van der Waals surface area contributed by atoms with E-state index in [2.05, 4.69) is 55.3 Å². The van der Waals surface area contributed by atoms with E-state index in [-0.39, 0.29) is 13.2 Å². The molecule has 0 spiro atoms. The van der Waals surface area contributed by atoms with Crippen molar-refractivity contribution < 1.29 is 14.9 Å². The number of aromatic nitrogens is 1. The zero-order valence-corrected chi connectivity index (χ0v) is 27.1. The number of nitrogens with zero attached hydrogens (tertiary/aromatic N) is 3. The van der Waals surface area contributed by atoms with Gasteiger partial charge in [0, 0.05) is 37.8 Å². The Labute approximate surface area is 251 Å². The minimum Gasteiger partial charge on any atom is -0.491 e. The van der Waals surface area contributed by atoms with Gasteiger partial charge in [0.1, 0.15) is 18.5 Å².